The third kappa shape index (κ3) is 6.37. The number of anilines is 1. The fourth-order valence-electron chi connectivity index (χ4n) is 2.13. The molecule has 0 aliphatic carbocycles. The molecule has 7 nitrogen and oxygen atoms in total. The van der Waals surface area contributed by atoms with E-state index in [0.29, 0.717) is 30.5 Å². The molecule has 136 valence electrons. The first-order valence-corrected chi connectivity index (χ1v) is 8.26. The summed E-state index contributed by atoms with van der Waals surface area (Å²) < 4.78 is 16.2. The predicted molar refractivity (Wildman–Crippen MR) is 95.3 cm³/mol. The largest absolute Gasteiger partial charge is 0.493 e. The molecule has 0 radical (unpaired) electrons. The molecule has 2 aromatic rings. The Labute approximate surface area is 147 Å². The van der Waals surface area contributed by atoms with Crippen LogP contribution in [0.25, 0.3) is 11.3 Å². The van der Waals surface area contributed by atoms with E-state index in [1.807, 2.05) is 45.0 Å². The number of carbonyl (C=O) groups is 1. The zero-order chi connectivity index (χ0) is 18.3. The first-order valence-electron chi connectivity index (χ1n) is 8.26. The standard InChI is InChI=1S/C18H25N3O4/c1-18(2,3)24-17(22)20-10-6-7-11-23-14-9-5-4-8-13(14)15-12-16(19)21-25-15/h4-5,8-9,12H,6-7,10-11H2,1-3H3,(H2,19,21)(H,20,22). The normalized spacial score (nSPS) is 11.2. The van der Waals surface area contributed by atoms with Gasteiger partial charge in [0.25, 0.3) is 0 Å². The van der Waals surface area contributed by atoms with Crippen molar-refractivity contribution < 1.29 is 18.8 Å². The van der Waals surface area contributed by atoms with Crippen molar-refractivity contribution in [3.8, 4) is 17.1 Å². The number of amides is 1. The summed E-state index contributed by atoms with van der Waals surface area (Å²) in [5, 5.41) is 6.42. The summed E-state index contributed by atoms with van der Waals surface area (Å²) in [6.07, 6.45) is 1.18. The zero-order valence-corrected chi connectivity index (χ0v) is 14.9. The van der Waals surface area contributed by atoms with Gasteiger partial charge in [-0.3, -0.25) is 0 Å². The van der Waals surface area contributed by atoms with E-state index < -0.39 is 11.7 Å². The van der Waals surface area contributed by atoms with Crippen LogP contribution in [0.15, 0.2) is 34.9 Å². The topological polar surface area (TPSA) is 99.6 Å². The molecule has 0 saturated carbocycles. The van der Waals surface area contributed by atoms with Crippen molar-refractivity contribution in [2.75, 3.05) is 18.9 Å². The molecule has 25 heavy (non-hydrogen) atoms. The molecule has 0 aliphatic rings. The molecule has 3 N–H and O–H groups in total. The quantitative estimate of drug-likeness (QED) is 0.742. The van der Waals surface area contributed by atoms with Crippen LogP contribution in [0.1, 0.15) is 33.6 Å². The summed E-state index contributed by atoms with van der Waals surface area (Å²) in [6, 6.07) is 9.20. The number of unbranched alkanes of at least 4 members (excludes halogenated alkanes) is 1. The van der Waals surface area contributed by atoms with Gasteiger partial charge in [0.05, 0.1) is 12.2 Å². The highest BCUT2D eigenvalue weighted by atomic mass is 16.6. The van der Waals surface area contributed by atoms with Crippen molar-refractivity contribution in [1.82, 2.24) is 10.5 Å². The van der Waals surface area contributed by atoms with Crippen LogP contribution < -0.4 is 15.8 Å². The van der Waals surface area contributed by atoms with Crippen molar-refractivity contribution in [2.45, 2.75) is 39.2 Å². The molecule has 0 spiro atoms. The maximum atomic E-state index is 11.5. The van der Waals surface area contributed by atoms with Gasteiger partial charge in [0, 0.05) is 12.6 Å². The average Bonchev–Trinajstić information content (AvgIpc) is 2.96. The number of nitrogens with zero attached hydrogens (tertiary/aromatic N) is 1. The molecule has 0 fully saturated rings. The summed E-state index contributed by atoms with van der Waals surface area (Å²) in [5.74, 6) is 1.61. The highest BCUT2D eigenvalue weighted by molar-refractivity contribution is 5.68. The van der Waals surface area contributed by atoms with E-state index in [2.05, 4.69) is 10.5 Å². The Bertz CT molecular complexity index is 692. The molecular weight excluding hydrogens is 322 g/mol. The van der Waals surface area contributed by atoms with E-state index in [-0.39, 0.29) is 0 Å². The Hall–Kier alpha value is -2.70. The zero-order valence-electron chi connectivity index (χ0n) is 14.9. The van der Waals surface area contributed by atoms with Crippen molar-refractivity contribution in [3.63, 3.8) is 0 Å². The fourth-order valence-corrected chi connectivity index (χ4v) is 2.13. The number of hydrogen-bond donors (Lipinski definition) is 2. The smallest absolute Gasteiger partial charge is 0.407 e. The fraction of sp³-hybridized carbons (Fsp3) is 0.444. The number of alkyl carbamates (subject to hydrolysis) is 1. The first-order chi connectivity index (χ1) is 11.8. The van der Waals surface area contributed by atoms with Crippen molar-refractivity contribution in [3.05, 3.63) is 30.3 Å². The lowest BCUT2D eigenvalue weighted by atomic mass is 10.1. The average molecular weight is 347 g/mol. The lowest BCUT2D eigenvalue weighted by molar-refractivity contribution is 0.0526. The monoisotopic (exact) mass is 347 g/mol. The molecule has 2 rings (SSSR count). The molecule has 1 aromatic heterocycles. The number of hydrogen-bond acceptors (Lipinski definition) is 6. The number of nitrogens with one attached hydrogen (secondary N) is 1. The van der Waals surface area contributed by atoms with Crippen molar-refractivity contribution in [1.29, 1.82) is 0 Å². The summed E-state index contributed by atoms with van der Waals surface area (Å²) in [6.45, 7) is 6.56. The number of ether oxygens (including phenoxy) is 2. The van der Waals surface area contributed by atoms with Gasteiger partial charge in [0.2, 0.25) is 0 Å². The molecular formula is C18H25N3O4. The number of carbonyl (C=O) groups excluding carboxylic acids is 1. The van der Waals surface area contributed by atoms with Gasteiger partial charge in [-0.05, 0) is 45.7 Å². The van der Waals surface area contributed by atoms with Crippen LogP contribution in [0.3, 0.4) is 0 Å². The second-order valence-electron chi connectivity index (χ2n) is 6.60. The van der Waals surface area contributed by atoms with Gasteiger partial charge in [-0.25, -0.2) is 4.79 Å². The minimum absolute atomic E-state index is 0.332. The lowest BCUT2D eigenvalue weighted by Crippen LogP contribution is -2.33. The first kappa shape index (κ1) is 18.6. The maximum Gasteiger partial charge on any atom is 0.407 e. The molecule has 1 aromatic carbocycles. The predicted octanol–water partition coefficient (Wildman–Crippen LogP) is 3.61. The van der Waals surface area contributed by atoms with E-state index in [9.17, 15) is 4.79 Å². The second kappa shape index (κ2) is 8.41. The molecule has 1 heterocycles. The number of aromatic nitrogens is 1. The van der Waals surface area contributed by atoms with Crippen molar-refractivity contribution in [2.24, 2.45) is 0 Å². The Morgan fingerprint density at radius 2 is 2.04 bits per heavy atom. The Balaban J connectivity index is 1.73. The van der Waals surface area contributed by atoms with Crippen LogP contribution >= 0.6 is 0 Å². The van der Waals surface area contributed by atoms with Crippen LogP contribution in [-0.2, 0) is 4.74 Å². The van der Waals surface area contributed by atoms with Gasteiger partial charge >= 0.3 is 6.09 Å². The molecule has 1 amide bonds. The van der Waals surface area contributed by atoms with E-state index >= 15 is 0 Å². The number of benzene rings is 1. The van der Waals surface area contributed by atoms with Crippen LogP contribution in [0.5, 0.6) is 5.75 Å². The van der Waals surface area contributed by atoms with E-state index in [1.54, 1.807) is 6.07 Å². The third-order valence-corrected chi connectivity index (χ3v) is 3.18. The molecule has 0 unspecified atom stereocenters. The van der Waals surface area contributed by atoms with Gasteiger partial charge in [-0.2, -0.15) is 0 Å². The molecule has 0 aliphatic heterocycles. The minimum atomic E-state index is -0.485. The minimum Gasteiger partial charge on any atom is -0.493 e. The molecule has 0 bridgehead atoms. The van der Waals surface area contributed by atoms with Crippen LogP contribution in [-0.4, -0.2) is 30.0 Å². The lowest BCUT2D eigenvalue weighted by Gasteiger charge is -2.19. The number of nitrogen functional groups attached to an aromatic ring is 1. The van der Waals surface area contributed by atoms with E-state index in [0.717, 1.165) is 18.4 Å². The summed E-state index contributed by atoms with van der Waals surface area (Å²) in [5.41, 5.74) is 5.91. The van der Waals surface area contributed by atoms with Crippen LogP contribution in [0, 0.1) is 0 Å². The highest BCUT2D eigenvalue weighted by Crippen LogP contribution is 2.30. The molecule has 0 saturated heterocycles. The second-order valence-corrected chi connectivity index (χ2v) is 6.60. The van der Waals surface area contributed by atoms with Crippen LogP contribution in [0.2, 0.25) is 0 Å². The van der Waals surface area contributed by atoms with Gasteiger partial charge in [0.15, 0.2) is 11.6 Å². The SMILES string of the molecule is CC(C)(C)OC(=O)NCCCCOc1ccccc1-c1cc(N)no1. The summed E-state index contributed by atoms with van der Waals surface area (Å²) in [7, 11) is 0. The third-order valence-electron chi connectivity index (χ3n) is 3.18. The summed E-state index contributed by atoms with van der Waals surface area (Å²) in [4.78, 5) is 11.5. The number of nitrogens with two attached hydrogens (primary N) is 1. The Morgan fingerprint density at radius 3 is 2.72 bits per heavy atom. The van der Waals surface area contributed by atoms with Gasteiger partial charge in [-0.15, -0.1) is 0 Å². The van der Waals surface area contributed by atoms with Gasteiger partial charge in [-0.1, -0.05) is 17.3 Å². The Morgan fingerprint density at radius 1 is 1.28 bits per heavy atom. The van der Waals surface area contributed by atoms with Gasteiger partial charge in [0.1, 0.15) is 11.4 Å². The van der Waals surface area contributed by atoms with Gasteiger partial charge < -0.3 is 25.0 Å². The Kier molecular flexibility index (Phi) is 6.27. The number of para-hydroxylation sites is 1. The highest BCUT2D eigenvalue weighted by Gasteiger charge is 2.15. The molecule has 0 atom stereocenters. The molecule has 7 heteroatoms. The van der Waals surface area contributed by atoms with E-state index in [4.69, 9.17) is 19.7 Å². The number of rotatable bonds is 7. The maximum absolute atomic E-state index is 11.5. The van der Waals surface area contributed by atoms with Crippen LogP contribution in [0.4, 0.5) is 10.6 Å². The summed E-state index contributed by atoms with van der Waals surface area (Å²) >= 11 is 0. The van der Waals surface area contributed by atoms with E-state index in [1.165, 1.54) is 0 Å². The van der Waals surface area contributed by atoms with Crippen molar-refractivity contribution >= 4 is 11.9 Å².